The molecule has 6 heteroatoms. The first-order chi connectivity index (χ1) is 9.61. The number of nitrogens with zero attached hydrogens (tertiary/aromatic N) is 1. The van der Waals surface area contributed by atoms with E-state index >= 15 is 0 Å². The van der Waals surface area contributed by atoms with Crippen LogP contribution in [-0.4, -0.2) is 34.6 Å². The summed E-state index contributed by atoms with van der Waals surface area (Å²) in [5.74, 6) is -2.64. The van der Waals surface area contributed by atoms with Crippen LogP contribution in [0, 0.1) is 11.7 Å². The number of hydrogen-bond donors (Lipinski definition) is 1. The van der Waals surface area contributed by atoms with Crippen LogP contribution in [0.4, 0.5) is 4.39 Å². The molecule has 2 rings (SSSR count). The molecular weight excluding hydrogens is 316 g/mol. The number of carboxylic acids is 1. The fourth-order valence-corrected chi connectivity index (χ4v) is 3.27. The van der Waals surface area contributed by atoms with Crippen LogP contribution in [0.3, 0.4) is 0 Å². The number of rotatable bonds is 2. The van der Waals surface area contributed by atoms with E-state index in [9.17, 15) is 14.3 Å². The van der Waals surface area contributed by atoms with Gasteiger partial charge in [0.2, 0.25) is 0 Å². The zero-order chi connectivity index (χ0) is 15.9. The Morgan fingerprint density at radius 2 is 1.95 bits per heavy atom. The van der Waals surface area contributed by atoms with Gasteiger partial charge >= 0.3 is 5.97 Å². The summed E-state index contributed by atoms with van der Waals surface area (Å²) in [7, 11) is 0. The van der Waals surface area contributed by atoms with Crippen molar-refractivity contribution in [1.29, 1.82) is 0 Å². The van der Waals surface area contributed by atoms with E-state index in [1.165, 1.54) is 12.1 Å². The number of carboxylic acid groups (broad SMARTS) is 1. The number of benzene rings is 1. The zero-order valence-corrected chi connectivity index (χ0v) is 13.7. The molecule has 2 atom stereocenters. The first kappa shape index (κ1) is 16.5. The minimum Gasteiger partial charge on any atom is -0.481 e. The fourth-order valence-electron chi connectivity index (χ4n) is 2.76. The van der Waals surface area contributed by atoms with Gasteiger partial charge in [-0.1, -0.05) is 23.2 Å². The lowest BCUT2D eigenvalue weighted by atomic mass is 9.88. The molecule has 1 aromatic carbocycles. The van der Waals surface area contributed by atoms with Crippen molar-refractivity contribution in [2.45, 2.75) is 32.2 Å². The monoisotopic (exact) mass is 333 g/mol. The predicted octanol–water partition coefficient (Wildman–Crippen LogP) is 4.03. The normalized spacial score (nSPS) is 23.5. The molecule has 1 aliphatic heterocycles. The zero-order valence-electron chi connectivity index (χ0n) is 12.2. The number of likely N-dealkylation sites (tertiary alicyclic amines) is 1. The molecule has 1 heterocycles. The average Bonchev–Trinajstić information content (AvgIpc) is 2.78. The van der Waals surface area contributed by atoms with E-state index in [0.717, 1.165) is 0 Å². The van der Waals surface area contributed by atoms with Crippen LogP contribution < -0.4 is 0 Å². The van der Waals surface area contributed by atoms with E-state index in [2.05, 4.69) is 0 Å². The molecule has 0 radical (unpaired) electrons. The highest BCUT2D eigenvalue weighted by molar-refractivity contribution is 6.34. The summed E-state index contributed by atoms with van der Waals surface area (Å²) in [6.45, 7) is 6.88. The second kappa shape index (κ2) is 5.75. The maximum absolute atomic E-state index is 14.3. The Morgan fingerprint density at radius 3 is 2.48 bits per heavy atom. The van der Waals surface area contributed by atoms with Crippen molar-refractivity contribution >= 4 is 29.2 Å². The van der Waals surface area contributed by atoms with Gasteiger partial charge in [0.05, 0.1) is 10.9 Å². The molecule has 0 spiro atoms. The molecule has 21 heavy (non-hydrogen) atoms. The highest BCUT2D eigenvalue weighted by atomic mass is 35.5. The van der Waals surface area contributed by atoms with Crippen molar-refractivity contribution < 1.29 is 14.3 Å². The van der Waals surface area contributed by atoms with Crippen molar-refractivity contribution in [2.75, 3.05) is 13.1 Å². The van der Waals surface area contributed by atoms with Crippen LogP contribution in [0.25, 0.3) is 0 Å². The molecule has 1 saturated heterocycles. The van der Waals surface area contributed by atoms with Crippen molar-refractivity contribution in [3.05, 3.63) is 33.6 Å². The number of hydrogen-bond acceptors (Lipinski definition) is 2. The quantitative estimate of drug-likeness (QED) is 0.830. The molecule has 3 nitrogen and oxygen atoms in total. The third kappa shape index (κ3) is 3.33. The van der Waals surface area contributed by atoms with E-state index in [0.29, 0.717) is 18.1 Å². The van der Waals surface area contributed by atoms with Gasteiger partial charge in [0, 0.05) is 29.6 Å². The van der Waals surface area contributed by atoms with Gasteiger partial charge in [-0.05, 0) is 38.5 Å². The van der Waals surface area contributed by atoms with E-state index < -0.39 is 23.6 Å². The minimum absolute atomic E-state index is 0.0733. The maximum Gasteiger partial charge on any atom is 0.308 e. The summed E-state index contributed by atoms with van der Waals surface area (Å²) >= 11 is 11.8. The Morgan fingerprint density at radius 1 is 1.33 bits per heavy atom. The molecule has 1 N–H and O–H groups in total. The highest BCUT2D eigenvalue weighted by Crippen LogP contribution is 2.39. The topological polar surface area (TPSA) is 40.5 Å². The molecule has 0 amide bonds. The lowest BCUT2D eigenvalue weighted by molar-refractivity contribution is -0.141. The van der Waals surface area contributed by atoms with Crippen molar-refractivity contribution in [3.8, 4) is 0 Å². The average molecular weight is 334 g/mol. The van der Waals surface area contributed by atoms with E-state index in [1.54, 1.807) is 0 Å². The second-order valence-electron chi connectivity index (χ2n) is 6.42. The van der Waals surface area contributed by atoms with Gasteiger partial charge in [-0.25, -0.2) is 4.39 Å². The Labute approximate surface area is 133 Å². The number of aliphatic carboxylic acids is 1. The lowest BCUT2D eigenvalue weighted by Gasteiger charge is -2.31. The Hall–Kier alpha value is -0.840. The Kier molecular flexibility index (Phi) is 4.52. The summed E-state index contributed by atoms with van der Waals surface area (Å²) < 4.78 is 14.3. The molecular formula is C15H18Cl2FNO2. The van der Waals surface area contributed by atoms with Crippen LogP contribution >= 0.6 is 23.2 Å². The molecule has 1 aromatic rings. The fraction of sp³-hybridized carbons (Fsp3) is 0.533. The van der Waals surface area contributed by atoms with Gasteiger partial charge in [0.25, 0.3) is 0 Å². The van der Waals surface area contributed by atoms with Crippen molar-refractivity contribution in [3.63, 3.8) is 0 Å². The largest absolute Gasteiger partial charge is 0.481 e. The molecule has 1 fully saturated rings. The SMILES string of the molecule is CC(C)(C)N1C[C@H](C(=O)O)[C@@H](c2cc(Cl)cc(Cl)c2F)C1. The molecule has 0 unspecified atom stereocenters. The summed E-state index contributed by atoms with van der Waals surface area (Å²) in [6.07, 6.45) is 0. The van der Waals surface area contributed by atoms with Gasteiger partial charge in [0.15, 0.2) is 0 Å². The van der Waals surface area contributed by atoms with Crippen LogP contribution in [0.2, 0.25) is 10.0 Å². The molecule has 0 saturated carbocycles. The van der Waals surface area contributed by atoms with Crippen molar-refractivity contribution in [1.82, 2.24) is 4.90 Å². The highest BCUT2D eigenvalue weighted by Gasteiger charge is 2.43. The Bertz CT molecular complexity index is 572. The van der Waals surface area contributed by atoms with Gasteiger partial charge in [-0.15, -0.1) is 0 Å². The second-order valence-corrected chi connectivity index (χ2v) is 7.26. The van der Waals surface area contributed by atoms with E-state index in [1.807, 2.05) is 25.7 Å². The summed E-state index contributed by atoms with van der Waals surface area (Å²) in [4.78, 5) is 13.6. The number of carbonyl (C=O) groups is 1. The minimum atomic E-state index is -0.928. The smallest absolute Gasteiger partial charge is 0.308 e. The van der Waals surface area contributed by atoms with E-state index in [-0.39, 0.29) is 16.1 Å². The van der Waals surface area contributed by atoms with Gasteiger partial charge in [0.1, 0.15) is 5.82 Å². The molecule has 0 aromatic heterocycles. The standard InChI is InChI=1S/C15H18Cl2FNO2/c1-15(2,3)19-6-10(11(7-19)14(20)21)9-4-8(16)5-12(17)13(9)18/h4-5,10-11H,6-7H2,1-3H3,(H,20,21)/t10-,11+/m1/s1. The summed E-state index contributed by atoms with van der Waals surface area (Å²) in [5.41, 5.74) is 0.105. The van der Waals surface area contributed by atoms with Crippen LogP contribution in [-0.2, 0) is 4.79 Å². The molecule has 116 valence electrons. The van der Waals surface area contributed by atoms with Gasteiger partial charge in [-0.3, -0.25) is 9.69 Å². The van der Waals surface area contributed by atoms with Gasteiger partial charge < -0.3 is 5.11 Å². The van der Waals surface area contributed by atoms with Crippen LogP contribution in [0.1, 0.15) is 32.3 Å². The third-order valence-electron chi connectivity index (χ3n) is 4.01. The van der Waals surface area contributed by atoms with Crippen LogP contribution in [0.5, 0.6) is 0 Å². The Balaban J connectivity index is 2.44. The van der Waals surface area contributed by atoms with Crippen molar-refractivity contribution in [2.24, 2.45) is 5.92 Å². The summed E-state index contributed by atoms with van der Waals surface area (Å²) in [6, 6.07) is 2.81. The molecule has 0 bridgehead atoms. The summed E-state index contributed by atoms with van der Waals surface area (Å²) in [5, 5.41) is 9.68. The first-order valence-electron chi connectivity index (χ1n) is 6.73. The maximum atomic E-state index is 14.3. The lowest BCUT2D eigenvalue weighted by Crippen LogP contribution is -2.40. The van der Waals surface area contributed by atoms with Crippen LogP contribution in [0.15, 0.2) is 12.1 Å². The first-order valence-corrected chi connectivity index (χ1v) is 7.49. The molecule has 1 aliphatic rings. The van der Waals surface area contributed by atoms with E-state index in [4.69, 9.17) is 23.2 Å². The number of halogens is 3. The molecule has 0 aliphatic carbocycles. The predicted molar refractivity (Wildman–Crippen MR) is 81.6 cm³/mol. The van der Waals surface area contributed by atoms with Gasteiger partial charge in [-0.2, -0.15) is 0 Å². The third-order valence-corrected chi connectivity index (χ3v) is 4.50.